The van der Waals surface area contributed by atoms with Gasteiger partial charge in [0.15, 0.2) is 0 Å². The summed E-state index contributed by atoms with van der Waals surface area (Å²) in [7, 11) is 0. The number of para-hydroxylation sites is 1. The van der Waals surface area contributed by atoms with E-state index < -0.39 is 22.1 Å². The molecule has 168 valence electrons. The van der Waals surface area contributed by atoms with E-state index in [1.165, 1.54) is 33.5 Å². The predicted octanol–water partition coefficient (Wildman–Crippen LogP) is 2.22. The van der Waals surface area contributed by atoms with Gasteiger partial charge in [-0.25, -0.2) is 9.48 Å². The molecule has 0 saturated heterocycles. The topological polar surface area (TPSA) is 134 Å². The fourth-order valence-electron chi connectivity index (χ4n) is 3.63. The number of hydrogen-bond donors (Lipinski definition) is 1. The maximum atomic E-state index is 12.9. The molecule has 2 aromatic heterocycles. The lowest BCUT2D eigenvalue weighted by molar-refractivity contribution is -0.384. The third kappa shape index (κ3) is 4.03. The van der Waals surface area contributed by atoms with Crippen LogP contribution >= 0.6 is 0 Å². The number of nitro groups is 1. The first-order chi connectivity index (χ1) is 15.8. The molecule has 0 aliphatic carbocycles. The number of amides is 1. The Hall–Kier alpha value is -4.54. The van der Waals surface area contributed by atoms with Gasteiger partial charge in [0, 0.05) is 24.7 Å². The zero-order valence-corrected chi connectivity index (χ0v) is 17.9. The molecule has 0 aliphatic heterocycles. The van der Waals surface area contributed by atoms with Gasteiger partial charge in [0.1, 0.15) is 12.4 Å². The molecule has 33 heavy (non-hydrogen) atoms. The second-order valence-corrected chi connectivity index (χ2v) is 7.34. The van der Waals surface area contributed by atoms with Crippen molar-refractivity contribution in [3.63, 3.8) is 0 Å². The third-order valence-corrected chi connectivity index (χ3v) is 5.15. The molecular formula is C22H20N6O5. The molecule has 0 saturated carbocycles. The van der Waals surface area contributed by atoms with Crippen LogP contribution in [0.5, 0.6) is 0 Å². The van der Waals surface area contributed by atoms with E-state index >= 15 is 0 Å². The minimum atomic E-state index is -0.573. The molecule has 0 bridgehead atoms. The summed E-state index contributed by atoms with van der Waals surface area (Å²) in [6.07, 6.45) is 0. The number of nitrogens with one attached hydrogen (secondary N) is 1. The van der Waals surface area contributed by atoms with Crippen molar-refractivity contribution in [3.8, 4) is 5.69 Å². The number of hydrogen-bond acceptors (Lipinski definition) is 6. The van der Waals surface area contributed by atoms with Gasteiger partial charge in [-0.05, 0) is 38.1 Å². The van der Waals surface area contributed by atoms with E-state index in [1.54, 1.807) is 44.2 Å². The number of aryl methyl sites for hydroxylation is 1. The Bertz CT molecular complexity index is 1500. The molecule has 1 amide bonds. The van der Waals surface area contributed by atoms with E-state index in [0.29, 0.717) is 28.1 Å². The molecule has 0 unspecified atom stereocenters. The zero-order chi connectivity index (χ0) is 23.7. The Kier molecular flexibility index (Phi) is 5.61. The lowest BCUT2D eigenvalue weighted by Crippen LogP contribution is -2.41. The van der Waals surface area contributed by atoms with Crippen molar-refractivity contribution >= 4 is 28.3 Å². The van der Waals surface area contributed by atoms with Crippen molar-refractivity contribution in [1.82, 2.24) is 18.9 Å². The summed E-state index contributed by atoms with van der Waals surface area (Å²) in [5.41, 5.74) is 0.466. The number of benzene rings is 2. The van der Waals surface area contributed by atoms with Crippen LogP contribution in [0.15, 0.2) is 64.2 Å². The van der Waals surface area contributed by atoms with Crippen LogP contribution < -0.4 is 16.6 Å². The summed E-state index contributed by atoms with van der Waals surface area (Å²) in [4.78, 5) is 48.8. The van der Waals surface area contributed by atoms with Crippen LogP contribution in [0.2, 0.25) is 0 Å². The van der Waals surface area contributed by atoms with Crippen molar-refractivity contribution < 1.29 is 9.72 Å². The van der Waals surface area contributed by atoms with Gasteiger partial charge in [0.25, 0.3) is 11.2 Å². The van der Waals surface area contributed by atoms with E-state index in [4.69, 9.17) is 0 Å². The average Bonchev–Trinajstić information content (AvgIpc) is 3.16. The third-order valence-electron chi connectivity index (χ3n) is 5.15. The molecule has 11 heteroatoms. The summed E-state index contributed by atoms with van der Waals surface area (Å²) in [5, 5.41) is 18.3. The minimum absolute atomic E-state index is 0.0643. The van der Waals surface area contributed by atoms with E-state index in [9.17, 15) is 24.5 Å². The normalized spacial score (nSPS) is 11.0. The molecule has 11 nitrogen and oxygen atoms in total. The van der Waals surface area contributed by atoms with E-state index in [-0.39, 0.29) is 18.8 Å². The highest BCUT2D eigenvalue weighted by Gasteiger charge is 2.17. The van der Waals surface area contributed by atoms with Crippen LogP contribution in [0.3, 0.4) is 0 Å². The molecule has 0 atom stereocenters. The Morgan fingerprint density at radius 1 is 1.09 bits per heavy atom. The van der Waals surface area contributed by atoms with Crippen LogP contribution in [-0.4, -0.2) is 29.7 Å². The maximum Gasteiger partial charge on any atom is 0.331 e. The van der Waals surface area contributed by atoms with Crippen LogP contribution in [0.25, 0.3) is 16.6 Å². The standard InChI is InChI=1S/C22H20N6O5/c1-3-25-21(30)17-6-4-5-7-18(17)26(22(25)31)13-20(29)23-19-12-14(2)24-27(19)15-8-10-16(11-9-15)28(32)33/h4-12H,3,13H2,1-2H3,(H,23,29). The van der Waals surface area contributed by atoms with Crippen LogP contribution in [-0.2, 0) is 17.9 Å². The molecule has 0 radical (unpaired) electrons. The first-order valence-corrected chi connectivity index (χ1v) is 10.1. The fraction of sp³-hybridized carbons (Fsp3) is 0.182. The van der Waals surface area contributed by atoms with Crippen molar-refractivity contribution in [3.05, 3.63) is 91.2 Å². The van der Waals surface area contributed by atoms with Crippen molar-refractivity contribution in [2.75, 3.05) is 5.32 Å². The molecule has 1 N–H and O–H groups in total. The number of carbonyl (C=O) groups is 1. The van der Waals surface area contributed by atoms with Gasteiger partial charge in [0.2, 0.25) is 5.91 Å². The Labute approximate surface area is 186 Å². The average molecular weight is 448 g/mol. The molecule has 4 rings (SSSR count). The van der Waals surface area contributed by atoms with Gasteiger partial charge in [-0.15, -0.1) is 0 Å². The molecule has 2 aromatic carbocycles. The highest BCUT2D eigenvalue weighted by molar-refractivity contribution is 5.91. The van der Waals surface area contributed by atoms with Crippen LogP contribution in [0.4, 0.5) is 11.5 Å². The first-order valence-electron chi connectivity index (χ1n) is 10.1. The summed E-state index contributed by atoms with van der Waals surface area (Å²) < 4.78 is 3.79. The van der Waals surface area contributed by atoms with Gasteiger partial charge in [-0.3, -0.25) is 28.8 Å². The lowest BCUT2D eigenvalue weighted by Gasteiger charge is -2.14. The monoisotopic (exact) mass is 448 g/mol. The highest BCUT2D eigenvalue weighted by Crippen LogP contribution is 2.20. The SMILES string of the molecule is CCn1c(=O)c2ccccc2n(CC(=O)Nc2cc(C)nn2-c2ccc([N+](=O)[O-])cc2)c1=O. The maximum absolute atomic E-state index is 12.9. The summed E-state index contributed by atoms with van der Waals surface area (Å²) in [6.45, 7) is 3.29. The number of carbonyl (C=O) groups excluding carboxylic acids is 1. The number of nitrogens with zero attached hydrogens (tertiary/aromatic N) is 5. The van der Waals surface area contributed by atoms with E-state index in [2.05, 4.69) is 10.4 Å². The van der Waals surface area contributed by atoms with E-state index in [1.807, 2.05) is 0 Å². The number of rotatable bonds is 6. The number of non-ortho nitro benzene ring substituents is 1. The Morgan fingerprint density at radius 3 is 2.45 bits per heavy atom. The van der Waals surface area contributed by atoms with Gasteiger partial charge in [-0.2, -0.15) is 5.10 Å². The van der Waals surface area contributed by atoms with Gasteiger partial charge in [-0.1, -0.05) is 12.1 Å². The highest BCUT2D eigenvalue weighted by atomic mass is 16.6. The fourth-order valence-corrected chi connectivity index (χ4v) is 3.63. The van der Waals surface area contributed by atoms with Crippen molar-refractivity contribution in [2.45, 2.75) is 26.9 Å². The van der Waals surface area contributed by atoms with Crippen molar-refractivity contribution in [1.29, 1.82) is 0 Å². The molecule has 0 fully saturated rings. The minimum Gasteiger partial charge on any atom is -0.309 e. The molecule has 4 aromatic rings. The quantitative estimate of drug-likeness (QED) is 0.355. The number of aromatic nitrogens is 4. The summed E-state index contributed by atoms with van der Waals surface area (Å²) in [6, 6.07) is 14.0. The van der Waals surface area contributed by atoms with Gasteiger partial charge < -0.3 is 5.32 Å². The number of fused-ring (bicyclic) bond motifs is 1. The Balaban J connectivity index is 1.68. The first kappa shape index (κ1) is 21.7. The Morgan fingerprint density at radius 2 is 1.79 bits per heavy atom. The smallest absolute Gasteiger partial charge is 0.309 e. The predicted molar refractivity (Wildman–Crippen MR) is 122 cm³/mol. The second kappa shape index (κ2) is 8.54. The lowest BCUT2D eigenvalue weighted by atomic mass is 10.2. The van der Waals surface area contributed by atoms with Gasteiger partial charge in [0.05, 0.1) is 27.2 Å². The molecular weight excluding hydrogens is 428 g/mol. The van der Waals surface area contributed by atoms with E-state index in [0.717, 1.165) is 4.57 Å². The largest absolute Gasteiger partial charge is 0.331 e. The molecule has 2 heterocycles. The summed E-state index contributed by atoms with van der Waals surface area (Å²) in [5.74, 6) is -0.154. The van der Waals surface area contributed by atoms with Crippen molar-refractivity contribution in [2.24, 2.45) is 0 Å². The van der Waals surface area contributed by atoms with Crippen LogP contribution in [0.1, 0.15) is 12.6 Å². The zero-order valence-electron chi connectivity index (χ0n) is 17.9. The molecule has 0 aliphatic rings. The number of anilines is 1. The number of nitro benzene ring substituents is 1. The van der Waals surface area contributed by atoms with Crippen LogP contribution in [0, 0.1) is 17.0 Å². The summed E-state index contributed by atoms with van der Waals surface area (Å²) >= 11 is 0. The van der Waals surface area contributed by atoms with Gasteiger partial charge >= 0.3 is 5.69 Å². The molecule has 0 spiro atoms. The second-order valence-electron chi connectivity index (χ2n) is 7.34.